The van der Waals surface area contributed by atoms with Gasteiger partial charge in [-0.25, -0.2) is 14.8 Å². The molecule has 4 rings (SSSR count). The third-order valence-electron chi connectivity index (χ3n) is 5.49. The van der Waals surface area contributed by atoms with E-state index < -0.39 is 0 Å². The zero-order valence-electron chi connectivity index (χ0n) is 12.9. The summed E-state index contributed by atoms with van der Waals surface area (Å²) in [6, 6.07) is 2.73. The van der Waals surface area contributed by atoms with E-state index in [2.05, 4.69) is 15.2 Å². The van der Waals surface area contributed by atoms with Crippen molar-refractivity contribution in [1.29, 1.82) is 0 Å². The number of anilines is 1. The summed E-state index contributed by atoms with van der Waals surface area (Å²) < 4.78 is 5.76. The Balaban J connectivity index is 1.35. The van der Waals surface area contributed by atoms with Crippen LogP contribution in [0.3, 0.4) is 0 Å². The molecule has 2 aliphatic carbocycles. The Morgan fingerprint density at radius 1 is 1.32 bits per heavy atom. The summed E-state index contributed by atoms with van der Waals surface area (Å²) in [6.45, 7) is 0. The third-order valence-corrected chi connectivity index (χ3v) is 5.49. The van der Waals surface area contributed by atoms with Gasteiger partial charge in [-0.3, -0.25) is 5.10 Å². The number of nitrogens with two attached hydrogens (primary N) is 1. The number of aromatic amines is 1. The molecule has 1 aromatic rings. The van der Waals surface area contributed by atoms with Crippen LogP contribution < -0.4 is 5.73 Å². The first-order valence-electron chi connectivity index (χ1n) is 8.15. The van der Waals surface area contributed by atoms with Gasteiger partial charge in [0, 0.05) is 30.8 Å². The van der Waals surface area contributed by atoms with Crippen molar-refractivity contribution in [1.82, 2.24) is 20.2 Å². The number of nitrogen functional groups attached to an aromatic ring is 1. The minimum Gasteiger partial charge on any atom is -0.445 e. The molecule has 120 valence electrons. The lowest BCUT2D eigenvalue weighted by molar-refractivity contribution is -0.0386. The quantitative estimate of drug-likeness (QED) is 0.870. The van der Waals surface area contributed by atoms with Crippen molar-refractivity contribution < 1.29 is 9.53 Å². The Morgan fingerprint density at radius 3 is 2.82 bits per heavy atom. The molecule has 1 aliphatic heterocycles. The normalized spacial score (nSPS) is 34.5. The standard InChI is InChI=1S/C15H23N5O2/c1-19-10-3-4-11(7-10)20(19)15(21)22-12-5-2-9(6-12)13-8-14(16)18-17-13/h8-12H,2-7H2,1H3,(H3,16,17,18)/t9?,10?,11?,12-/m1/s1. The van der Waals surface area contributed by atoms with Crippen molar-refractivity contribution in [2.24, 2.45) is 0 Å². The van der Waals surface area contributed by atoms with E-state index in [0.29, 0.717) is 23.8 Å². The molecular weight excluding hydrogens is 282 g/mol. The first-order valence-corrected chi connectivity index (χ1v) is 8.15. The number of amides is 1. The highest BCUT2D eigenvalue weighted by atomic mass is 16.6. The van der Waals surface area contributed by atoms with E-state index in [9.17, 15) is 4.79 Å². The minimum atomic E-state index is -0.176. The van der Waals surface area contributed by atoms with Gasteiger partial charge in [-0.1, -0.05) is 0 Å². The molecule has 2 saturated carbocycles. The van der Waals surface area contributed by atoms with Crippen LogP contribution in [0.1, 0.15) is 50.1 Å². The van der Waals surface area contributed by atoms with Crippen LogP contribution in [0.15, 0.2) is 6.07 Å². The maximum atomic E-state index is 12.5. The van der Waals surface area contributed by atoms with Gasteiger partial charge < -0.3 is 10.5 Å². The second kappa shape index (κ2) is 5.15. The molecular formula is C15H23N5O2. The molecule has 0 aromatic carbocycles. The molecule has 22 heavy (non-hydrogen) atoms. The molecule has 7 nitrogen and oxygen atoms in total. The van der Waals surface area contributed by atoms with E-state index in [1.807, 2.05) is 18.1 Å². The Kier molecular flexibility index (Phi) is 3.25. The van der Waals surface area contributed by atoms with Gasteiger partial charge in [-0.05, 0) is 38.5 Å². The molecule has 2 heterocycles. The summed E-state index contributed by atoms with van der Waals surface area (Å²) in [5.41, 5.74) is 6.70. The smallest absolute Gasteiger partial charge is 0.424 e. The molecule has 3 aliphatic rings. The lowest BCUT2D eigenvalue weighted by Crippen LogP contribution is -2.49. The van der Waals surface area contributed by atoms with E-state index in [-0.39, 0.29) is 12.2 Å². The monoisotopic (exact) mass is 305 g/mol. The predicted molar refractivity (Wildman–Crippen MR) is 80.9 cm³/mol. The number of hydrogen-bond acceptors (Lipinski definition) is 5. The molecule has 3 N–H and O–H groups in total. The number of hydrazine groups is 1. The fourth-order valence-corrected chi connectivity index (χ4v) is 4.30. The van der Waals surface area contributed by atoms with Crippen LogP contribution in [0.2, 0.25) is 0 Å². The van der Waals surface area contributed by atoms with Gasteiger partial charge in [0.05, 0.1) is 6.04 Å². The average Bonchev–Trinajstić information content (AvgIpc) is 3.21. The van der Waals surface area contributed by atoms with Crippen LogP contribution >= 0.6 is 0 Å². The maximum Gasteiger partial charge on any atom is 0.424 e. The first-order chi connectivity index (χ1) is 10.6. The van der Waals surface area contributed by atoms with Gasteiger partial charge in [0.15, 0.2) is 0 Å². The molecule has 7 heteroatoms. The largest absolute Gasteiger partial charge is 0.445 e. The zero-order valence-corrected chi connectivity index (χ0v) is 12.9. The molecule has 1 aromatic heterocycles. The van der Waals surface area contributed by atoms with Crippen molar-refractivity contribution in [3.05, 3.63) is 11.8 Å². The molecule has 2 bridgehead atoms. The fraction of sp³-hybridized carbons (Fsp3) is 0.733. The number of nitrogens with zero attached hydrogens (tertiary/aromatic N) is 3. The molecule has 4 atom stereocenters. The molecule has 1 saturated heterocycles. The van der Waals surface area contributed by atoms with Crippen molar-refractivity contribution in [3.63, 3.8) is 0 Å². The second-order valence-corrected chi connectivity index (χ2v) is 6.80. The number of ether oxygens (including phenoxy) is 1. The number of carbonyl (C=O) groups is 1. The Labute approximate surface area is 129 Å². The zero-order chi connectivity index (χ0) is 15.3. The van der Waals surface area contributed by atoms with E-state index in [1.165, 1.54) is 6.42 Å². The van der Waals surface area contributed by atoms with Gasteiger partial charge in [-0.15, -0.1) is 0 Å². The number of H-pyrrole nitrogens is 1. The van der Waals surface area contributed by atoms with E-state index in [0.717, 1.165) is 37.8 Å². The van der Waals surface area contributed by atoms with Crippen LogP contribution in [0.25, 0.3) is 0 Å². The van der Waals surface area contributed by atoms with E-state index in [4.69, 9.17) is 10.5 Å². The summed E-state index contributed by atoms with van der Waals surface area (Å²) >= 11 is 0. The second-order valence-electron chi connectivity index (χ2n) is 6.80. The van der Waals surface area contributed by atoms with Crippen molar-refractivity contribution in [2.75, 3.05) is 12.8 Å². The topological polar surface area (TPSA) is 87.5 Å². The van der Waals surface area contributed by atoms with Crippen LogP contribution in [0, 0.1) is 0 Å². The number of aromatic nitrogens is 2. The van der Waals surface area contributed by atoms with Crippen LogP contribution in [0.5, 0.6) is 0 Å². The number of hydrogen-bond donors (Lipinski definition) is 2. The number of carbonyl (C=O) groups excluding carboxylic acids is 1. The van der Waals surface area contributed by atoms with Crippen molar-refractivity contribution in [2.45, 2.75) is 62.6 Å². The van der Waals surface area contributed by atoms with Crippen molar-refractivity contribution >= 4 is 11.9 Å². The lowest BCUT2D eigenvalue weighted by Gasteiger charge is -2.35. The summed E-state index contributed by atoms with van der Waals surface area (Å²) in [6.07, 6.45) is 5.95. The first kappa shape index (κ1) is 13.9. The highest BCUT2D eigenvalue weighted by Crippen LogP contribution is 2.39. The van der Waals surface area contributed by atoms with E-state index >= 15 is 0 Å². The predicted octanol–water partition coefficient (Wildman–Crippen LogP) is 1.85. The van der Waals surface area contributed by atoms with Gasteiger partial charge in [-0.2, -0.15) is 5.10 Å². The van der Waals surface area contributed by atoms with Gasteiger partial charge in [0.25, 0.3) is 0 Å². The SMILES string of the molecule is CN1C2CCC(C2)N1C(=O)O[C@@H]1CCC(c2cc(N)n[nH]2)C1. The highest BCUT2D eigenvalue weighted by molar-refractivity contribution is 5.68. The maximum absolute atomic E-state index is 12.5. The molecule has 3 fully saturated rings. The summed E-state index contributed by atoms with van der Waals surface area (Å²) in [5.74, 6) is 0.875. The molecule has 3 unspecified atom stereocenters. The van der Waals surface area contributed by atoms with Crippen LogP contribution in [-0.2, 0) is 4.74 Å². The van der Waals surface area contributed by atoms with Gasteiger partial charge in [0.1, 0.15) is 11.9 Å². The Hall–Kier alpha value is -1.76. The number of fused-ring (bicyclic) bond motifs is 2. The number of nitrogens with one attached hydrogen (secondary N) is 1. The van der Waals surface area contributed by atoms with E-state index in [1.54, 1.807) is 0 Å². The van der Waals surface area contributed by atoms with Crippen molar-refractivity contribution in [3.8, 4) is 0 Å². The minimum absolute atomic E-state index is 0.00505. The summed E-state index contributed by atoms with van der Waals surface area (Å²) in [4.78, 5) is 12.5. The lowest BCUT2D eigenvalue weighted by atomic mass is 10.0. The van der Waals surface area contributed by atoms with Crippen LogP contribution in [-0.4, -0.2) is 51.5 Å². The number of rotatable bonds is 2. The molecule has 1 amide bonds. The van der Waals surface area contributed by atoms with Gasteiger partial charge >= 0.3 is 6.09 Å². The fourth-order valence-electron chi connectivity index (χ4n) is 4.30. The Bertz CT molecular complexity index is 572. The third kappa shape index (κ3) is 2.24. The Morgan fingerprint density at radius 2 is 2.14 bits per heavy atom. The highest BCUT2D eigenvalue weighted by Gasteiger charge is 2.46. The average molecular weight is 305 g/mol. The van der Waals surface area contributed by atoms with Gasteiger partial charge in [0.2, 0.25) is 0 Å². The van der Waals surface area contributed by atoms with Crippen LogP contribution in [0.4, 0.5) is 10.6 Å². The summed E-state index contributed by atoms with van der Waals surface area (Å²) in [7, 11) is 2.00. The summed E-state index contributed by atoms with van der Waals surface area (Å²) in [5, 5.41) is 10.8. The molecule has 0 spiro atoms. The molecule has 0 radical (unpaired) electrons.